The number of rotatable bonds is 19. The Bertz CT molecular complexity index is 321. The second kappa shape index (κ2) is 19.1. The van der Waals surface area contributed by atoms with Crippen LogP contribution in [0.2, 0.25) is 0 Å². The topological polar surface area (TPSA) is 91.3 Å². The molecule has 0 aliphatic carbocycles. The molecule has 0 amide bonds. The molecule has 0 aliphatic heterocycles. The Morgan fingerprint density at radius 2 is 1.24 bits per heavy atom. The summed E-state index contributed by atoms with van der Waals surface area (Å²) in [6.07, 6.45) is 8.74. The third-order valence-corrected chi connectivity index (χ3v) is 3.44. The van der Waals surface area contributed by atoms with E-state index in [1.54, 1.807) is 0 Å². The van der Waals surface area contributed by atoms with E-state index < -0.39 is 5.97 Å². The molecule has 0 rings (SSSR count). The van der Waals surface area contributed by atoms with Crippen LogP contribution in [0.4, 0.5) is 0 Å². The number of hydrogen-bond donors (Lipinski definition) is 1. The van der Waals surface area contributed by atoms with Gasteiger partial charge in [0.25, 0.3) is 0 Å². The highest BCUT2D eigenvalue weighted by atomic mass is 16.6. The van der Waals surface area contributed by atoms with Gasteiger partial charge in [0.1, 0.15) is 13.2 Å². The van der Waals surface area contributed by atoms with Gasteiger partial charge in [0, 0.05) is 6.42 Å². The number of carboxylic acid groups (broad SMARTS) is 1. The van der Waals surface area contributed by atoms with Gasteiger partial charge in [0.2, 0.25) is 0 Å². The molecule has 0 bridgehead atoms. The van der Waals surface area contributed by atoms with E-state index in [9.17, 15) is 9.59 Å². The molecule has 0 saturated carbocycles. The Hall–Kier alpha value is -1.18. The lowest BCUT2D eigenvalue weighted by Gasteiger charge is -2.07. The van der Waals surface area contributed by atoms with E-state index in [4.69, 9.17) is 24.1 Å². The van der Waals surface area contributed by atoms with Gasteiger partial charge in [0.15, 0.2) is 0 Å². The Morgan fingerprint density at radius 1 is 0.720 bits per heavy atom. The van der Waals surface area contributed by atoms with Crippen molar-refractivity contribution >= 4 is 11.9 Å². The molecule has 25 heavy (non-hydrogen) atoms. The van der Waals surface area contributed by atoms with Crippen LogP contribution >= 0.6 is 0 Å². The van der Waals surface area contributed by atoms with Gasteiger partial charge in [-0.15, -0.1) is 0 Å². The zero-order valence-electron chi connectivity index (χ0n) is 15.5. The average molecular weight is 362 g/mol. The first-order chi connectivity index (χ1) is 12.2. The molecule has 7 nitrogen and oxygen atoms in total. The van der Waals surface area contributed by atoms with Crippen LogP contribution in [0.1, 0.15) is 58.3 Å². The molecule has 0 aromatic rings. The van der Waals surface area contributed by atoms with E-state index in [1.165, 1.54) is 32.1 Å². The third kappa shape index (κ3) is 20.8. The molecule has 0 saturated heterocycles. The van der Waals surface area contributed by atoms with Gasteiger partial charge >= 0.3 is 11.9 Å². The summed E-state index contributed by atoms with van der Waals surface area (Å²) in [7, 11) is 0. The summed E-state index contributed by atoms with van der Waals surface area (Å²) in [5.41, 5.74) is 0. The zero-order chi connectivity index (χ0) is 18.6. The second-order valence-electron chi connectivity index (χ2n) is 5.76. The second-order valence-corrected chi connectivity index (χ2v) is 5.76. The largest absolute Gasteiger partial charge is 0.480 e. The van der Waals surface area contributed by atoms with Crippen LogP contribution in [0.25, 0.3) is 0 Å². The highest BCUT2D eigenvalue weighted by Gasteiger charge is 2.02. The Kier molecular flexibility index (Phi) is 18.2. The van der Waals surface area contributed by atoms with Crippen LogP contribution in [0.3, 0.4) is 0 Å². The minimum absolute atomic E-state index is 0.163. The molecule has 0 aliphatic rings. The minimum Gasteiger partial charge on any atom is -0.480 e. The molecular formula is C18H34O7. The average Bonchev–Trinajstić information content (AvgIpc) is 2.58. The zero-order valence-corrected chi connectivity index (χ0v) is 15.5. The van der Waals surface area contributed by atoms with Gasteiger partial charge in [-0.25, -0.2) is 4.79 Å². The van der Waals surface area contributed by atoms with Crippen molar-refractivity contribution in [2.24, 2.45) is 0 Å². The molecule has 0 unspecified atom stereocenters. The van der Waals surface area contributed by atoms with Crippen LogP contribution in [-0.2, 0) is 28.5 Å². The fourth-order valence-corrected chi connectivity index (χ4v) is 2.11. The molecule has 0 heterocycles. The van der Waals surface area contributed by atoms with Crippen LogP contribution < -0.4 is 0 Å². The number of hydrogen-bond acceptors (Lipinski definition) is 6. The van der Waals surface area contributed by atoms with Crippen molar-refractivity contribution in [3.8, 4) is 0 Å². The van der Waals surface area contributed by atoms with Crippen LogP contribution in [0.5, 0.6) is 0 Å². The van der Waals surface area contributed by atoms with Crippen molar-refractivity contribution in [1.29, 1.82) is 0 Å². The lowest BCUT2D eigenvalue weighted by molar-refractivity contribution is -0.145. The molecule has 0 atom stereocenters. The van der Waals surface area contributed by atoms with E-state index in [0.29, 0.717) is 32.8 Å². The smallest absolute Gasteiger partial charge is 0.329 e. The predicted molar refractivity (Wildman–Crippen MR) is 93.7 cm³/mol. The monoisotopic (exact) mass is 362 g/mol. The van der Waals surface area contributed by atoms with E-state index in [-0.39, 0.29) is 25.8 Å². The van der Waals surface area contributed by atoms with E-state index in [2.05, 4.69) is 6.92 Å². The number of unbranched alkanes of at least 4 members (excludes halogenated alkanes) is 6. The summed E-state index contributed by atoms with van der Waals surface area (Å²) in [4.78, 5) is 21.7. The lowest BCUT2D eigenvalue weighted by Crippen LogP contribution is -2.15. The number of carboxylic acids is 1. The molecule has 7 heteroatoms. The van der Waals surface area contributed by atoms with Crippen molar-refractivity contribution in [3.63, 3.8) is 0 Å². The number of esters is 1. The molecule has 0 radical (unpaired) electrons. The van der Waals surface area contributed by atoms with E-state index >= 15 is 0 Å². The SMILES string of the molecule is CCCCCCCCCC(=O)OCCOCCOCCOCC(=O)O. The lowest BCUT2D eigenvalue weighted by atomic mass is 10.1. The Labute approximate surface area is 151 Å². The molecular weight excluding hydrogens is 328 g/mol. The predicted octanol–water partition coefficient (Wildman–Crippen LogP) is 2.80. The van der Waals surface area contributed by atoms with Crippen molar-refractivity contribution in [2.75, 3.05) is 46.2 Å². The summed E-state index contributed by atoms with van der Waals surface area (Å²) in [5, 5.41) is 8.35. The van der Waals surface area contributed by atoms with E-state index in [1.807, 2.05) is 0 Å². The number of carbonyl (C=O) groups excluding carboxylic acids is 1. The summed E-state index contributed by atoms with van der Waals surface area (Å²) in [6, 6.07) is 0. The molecule has 0 aromatic carbocycles. The number of aliphatic carboxylic acids is 1. The minimum atomic E-state index is -0.996. The summed E-state index contributed by atoms with van der Waals surface area (Å²) < 4.78 is 20.4. The third-order valence-electron chi connectivity index (χ3n) is 3.44. The van der Waals surface area contributed by atoms with E-state index in [0.717, 1.165) is 12.8 Å². The standard InChI is InChI=1S/C18H34O7/c1-2-3-4-5-6-7-8-9-18(21)25-15-14-23-11-10-22-12-13-24-16-17(19)20/h2-16H2,1H3,(H,19,20). The maximum absolute atomic E-state index is 11.5. The molecule has 148 valence electrons. The van der Waals surface area contributed by atoms with Crippen molar-refractivity contribution in [2.45, 2.75) is 58.3 Å². The summed E-state index contributed by atoms with van der Waals surface area (Å²) in [5.74, 6) is -1.16. The fraction of sp³-hybridized carbons (Fsp3) is 0.889. The highest BCUT2D eigenvalue weighted by molar-refractivity contribution is 5.69. The van der Waals surface area contributed by atoms with Gasteiger partial charge in [-0.2, -0.15) is 0 Å². The maximum Gasteiger partial charge on any atom is 0.329 e. The Morgan fingerprint density at radius 3 is 1.84 bits per heavy atom. The normalized spacial score (nSPS) is 10.8. The van der Waals surface area contributed by atoms with Gasteiger partial charge < -0.3 is 24.1 Å². The van der Waals surface area contributed by atoms with Crippen molar-refractivity contribution < 1.29 is 33.6 Å². The summed E-state index contributed by atoms with van der Waals surface area (Å²) in [6.45, 7) is 3.85. The first kappa shape index (κ1) is 23.8. The highest BCUT2D eigenvalue weighted by Crippen LogP contribution is 2.08. The Balaban J connectivity index is 3.16. The molecule has 0 spiro atoms. The quantitative estimate of drug-likeness (QED) is 0.279. The van der Waals surface area contributed by atoms with Gasteiger partial charge in [-0.05, 0) is 6.42 Å². The number of ether oxygens (including phenoxy) is 4. The van der Waals surface area contributed by atoms with Crippen LogP contribution in [-0.4, -0.2) is 63.3 Å². The molecule has 1 N–H and O–H groups in total. The molecule has 0 aromatic heterocycles. The fourth-order valence-electron chi connectivity index (χ4n) is 2.11. The van der Waals surface area contributed by atoms with Crippen LogP contribution in [0, 0.1) is 0 Å². The van der Waals surface area contributed by atoms with Crippen molar-refractivity contribution in [3.05, 3.63) is 0 Å². The van der Waals surface area contributed by atoms with Crippen molar-refractivity contribution in [1.82, 2.24) is 0 Å². The van der Waals surface area contributed by atoms with Crippen LogP contribution in [0.15, 0.2) is 0 Å². The molecule has 0 fully saturated rings. The summed E-state index contributed by atoms with van der Waals surface area (Å²) >= 11 is 0. The first-order valence-electron chi connectivity index (χ1n) is 9.27. The van der Waals surface area contributed by atoms with Gasteiger partial charge in [0.05, 0.1) is 33.0 Å². The van der Waals surface area contributed by atoms with Gasteiger partial charge in [-0.1, -0.05) is 45.4 Å². The number of carbonyl (C=O) groups is 2. The van der Waals surface area contributed by atoms with Gasteiger partial charge in [-0.3, -0.25) is 4.79 Å². The first-order valence-corrected chi connectivity index (χ1v) is 9.27. The maximum atomic E-state index is 11.5.